The molecule has 0 saturated heterocycles. The Bertz CT molecular complexity index is 517. The second kappa shape index (κ2) is 5.53. The van der Waals surface area contributed by atoms with Crippen molar-refractivity contribution in [3.8, 4) is 11.5 Å². The standard InChI is InChI=1S/C11H13N3O5/c12-3-1-2-11(15)13-7-4-9-10(19-6-18-9)5-8(7)14(16)17/h4-5H,1-3,6,12H2,(H,13,15). The summed E-state index contributed by atoms with van der Waals surface area (Å²) in [7, 11) is 0. The Morgan fingerprint density at radius 1 is 1.42 bits per heavy atom. The zero-order valence-electron chi connectivity index (χ0n) is 10.0. The number of nitrogens with one attached hydrogen (secondary N) is 1. The van der Waals surface area contributed by atoms with E-state index in [9.17, 15) is 14.9 Å². The first-order valence-electron chi connectivity index (χ1n) is 5.69. The Balaban J connectivity index is 2.23. The van der Waals surface area contributed by atoms with E-state index in [4.69, 9.17) is 15.2 Å². The molecule has 1 aromatic carbocycles. The number of benzene rings is 1. The maximum absolute atomic E-state index is 11.6. The first-order chi connectivity index (χ1) is 9.11. The molecule has 2 rings (SSSR count). The highest BCUT2D eigenvalue weighted by molar-refractivity contribution is 5.93. The summed E-state index contributed by atoms with van der Waals surface area (Å²) in [5, 5.41) is 13.4. The third-order valence-corrected chi connectivity index (χ3v) is 2.57. The first kappa shape index (κ1) is 13.1. The molecule has 1 aromatic rings. The Hall–Kier alpha value is -2.35. The average molecular weight is 267 g/mol. The number of hydrogen-bond donors (Lipinski definition) is 2. The van der Waals surface area contributed by atoms with Gasteiger partial charge in [0.05, 0.1) is 11.0 Å². The Kier molecular flexibility index (Phi) is 3.81. The van der Waals surface area contributed by atoms with Crippen LogP contribution in [0.1, 0.15) is 12.8 Å². The predicted octanol–water partition coefficient (Wildman–Crippen LogP) is 1.00. The van der Waals surface area contributed by atoms with E-state index in [1.54, 1.807) is 0 Å². The van der Waals surface area contributed by atoms with E-state index in [0.717, 1.165) is 0 Å². The lowest BCUT2D eigenvalue weighted by Gasteiger charge is -2.06. The van der Waals surface area contributed by atoms with Crippen LogP contribution in [0.2, 0.25) is 0 Å². The van der Waals surface area contributed by atoms with Gasteiger partial charge >= 0.3 is 0 Å². The summed E-state index contributed by atoms with van der Waals surface area (Å²) in [6.07, 6.45) is 0.728. The molecule has 0 spiro atoms. The van der Waals surface area contributed by atoms with Gasteiger partial charge in [0.2, 0.25) is 12.7 Å². The number of fused-ring (bicyclic) bond motifs is 1. The fraction of sp³-hybridized carbons (Fsp3) is 0.364. The molecular formula is C11H13N3O5. The minimum atomic E-state index is -0.583. The number of hydrogen-bond acceptors (Lipinski definition) is 6. The number of amides is 1. The van der Waals surface area contributed by atoms with Crippen molar-refractivity contribution in [1.29, 1.82) is 0 Å². The fourth-order valence-electron chi connectivity index (χ4n) is 1.66. The van der Waals surface area contributed by atoms with Gasteiger partial charge in [0, 0.05) is 12.5 Å². The van der Waals surface area contributed by atoms with Gasteiger partial charge in [0.25, 0.3) is 5.69 Å². The quantitative estimate of drug-likeness (QED) is 0.607. The van der Waals surface area contributed by atoms with E-state index in [2.05, 4.69) is 5.32 Å². The van der Waals surface area contributed by atoms with Gasteiger partial charge in [-0.2, -0.15) is 0 Å². The number of nitrogens with zero attached hydrogens (tertiary/aromatic N) is 1. The minimum absolute atomic E-state index is 0.0110. The van der Waals surface area contributed by atoms with Gasteiger partial charge in [-0.1, -0.05) is 0 Å². The van der Waals surface area contributed by atoms with E-state index >= 15 is 0 Å². The third kappa shape index (κ3) is 2.91. The number of anilines is 1. The monoisotopic (exact) mass is 267 g/mol. The van der Waals surface area contributed by atoms with Crippen molar-refractivity contribution in [2.45, 2.75) is 12.8 Å². The summed E-state index contributed by atoms with van der Waals surface area (Å²) in [5.41, 5.74) is 5.16. The molecular weight excluding hydrogens is 254 g/mol. The topological polar surface area (TPSA) is 117 Å². The van der Waals surface area contributed by atoms with Crippen LogP contribution < -0.4 is 20.5 Å². The summed E-state index contributed by atoms with van der Waals surface area (Å²) in [6.45, 7) is 0.397. The molecule has 0 radical (unpaired) electrons. The van der Waals surface area contributed by atoms with Gasteiger partial charge in [-0.05, 0) is 13.0 Å². The zero-order chi connectivity index (χ0) is 13.8. The summed E-state index contributed by atoms with van der Waals surface area (Å²) in [4.78, 5) is 22.0. The van der Waals surface area contributed by atoms with Crippen molar-refractivity contribution in [1.82, 2.24) is 0 Å². The van der Waals surface area contributed by atoms with Gasteiger partial charge in [-0.15, -0.1) is 0 Å². The molecule has 19 heavy (non-hydrogen) atoms. The normalized spacial score (nSPS) is 12.3. The van der Waals surface area contributed by atoms with E-state index in [1.807, 2.05) is 0 Å². The molecule has 1 aliphatic rings. The second-order valence-corrected chi connectivity index (χ2v) is 3.92. The lowest BCUT2D eigenvalue weighted by atomic mass is 10.2. The molecule has 0 aromatic heterocycles. The Labute approximate surface area is 108 Å². The highest BCUT2D eigenvalue weighted by Crippen LogP contribution is 2.40. The van der Waals surface area contributed by atoms with Gasteiger partial charge in [0.1, 0.15) is 5.69 Å². The average Bonchev–Trinajstić information content (AvgIpc) is 2.82. The van der Waals surface area contributed by atoms with Crippen molar-refractivity contribution in [2.75, 3.05) is 18.7 Å². The summed E-state index contributed by atoms with van der Waals surface area (Å²) >= 11 is 0. The lowest BCUT2D eigenvalue weighted by Crippen LogP contribution is -2.14. The van der Waals surface area contributed by atoms with E-state index in [0.29, 0.717) is 24.5 Å². The van der Waals surface area contributed by atoms with Gasteiger partial charge in [-0.3, -0.25) is 14.9 Å². The second-order valence-electron chi connectivity index (χ2n) is 3.92. The highest BCUT2D eigenvalue weighted by atomic mass is 16.7. The Morgan fingerprint density at radius 3 is 2.74 bits per heavy atom. The van der Waals surface area contributed by atoms with Crippen LogP contribution in [0.15, 0.2) is 12.1 Å². The largest absolute Gasteiger partial charge is 0.454 e. The van der Waals surface area contributed by atoms with Gasteiger partial charge in [0.15, 0.2) is 11.5 Å². The molecule has 8 heteroatoms. The molecule has 1 amide bonds. The molecule has 1 aliphatic heterocycles. The van der Waals surface area contributed by atoms with Crippen molar-refractivity contribution < 1.29 is 19.2 Å². The van der Waals surface area contributed by atoms with Crippen molar-refractivity contribution in [2.24, 2.45) is 5.73 Å². The van der Waals surface area contributed by atoms with Crippen molar-refractivity contribution >= 4 is 17.3 Å². The maximum Gasteiger partial charge on any atom is 0.296 e. The summed E-state index contributed by atoms with van der Waals surface area (Å²) < 4.78 is 10.2. The Morgan fingerprint density at radius 2 is 2.11 bits per heavy atom. The molecule has 0 bridgehead atoms. The number of rotatable bonds is 5. The molecule has 0 atom stereocenters. The van der Waals surface area contributed by atoms with Crippen LogP contribution in [0.5, 0.6) is 11.5 Å². The molecule has 8 nitrogen and oxygen atoms in total. The van der Waals surface area contributed by atoms with Crippen LogP contribution in [0.25, 0.3) is 0 Å². The molecule has 0 unspecified atom stereocenters. The number of nitrogens with two attached hydrogens (primary N) is 1. The summed E-state index contributed by atoms with van der Waals surface area (Å²) in [5.74, 6) is 0.346. The summed E-state index contributed by atoms with van der Waals surface area (Å²) in [6, 6.07) is 2.63. The fourth-order valence-corrected chi connectivity index (χ4v) is 1.66. The van der Waals surface area contributed by atoms with E-state index < -0.39 is 4.92 Å². The maximum atomic E-state index is 11.6. The van der Waals surface area contributed by atoms with E-state index in [1.165, 1.54) is 12.1 Å². The lowest BCUT2D eigenvalue weighted by molar-refractivity contribution is -0.384. The van der Waals surface area contributed by atoms with Crippen LogP contribution in [0, 0.1) is 10.1 Å². The van der Waals surface area contributed by atoms with Crippen molar-refractivity contribution in [3.05, 3.63) is 22.2 Å². The number of nitro groups is 1. The van der Waals surface area contributed by atoms with Gasteiger partial charge < -0.3 is 20.5 Å². The molecule has 102 valence electrons. The smallest absolute Gasteiger partial charge is 0.296 e. The number of carbonyl (C=O) groups is 1. The minimum Gasteiger partial charge on any atom is -0.454 e. The molecule has 0 aliphatic carbocycles. The van der Waals surface area contributed by atoms with Gasteiger partial charge in [-0.25, -0.2) is 0 Å². The number of nitro benzene ring substituents is 1. The predicted molar refractivity (Wildman–Crippen MR) is 66.1 cm³/mol. The van der Waals surface area contributed by atoms with Crippen LogP contribution in [0.4, 0.5) is 11.4 Å². The highest BCUT2D eigenvalue weighted by Gasteiger charge is 2.24. The van der Waals surface area contributed by atoms with Crippen LogP contribution in [-0.2, 0) is 4.79 Å². The third-order valence-electron chi connectivity index (χ3n) is 2.57. The molecule has 0 fully saturated rings. The zero-order valence-corrected chi connectivity index (χ0v) is 10.0. The van der Waals surface area contributed by atoms with Crippen LogP contribution >= 0.6 is 0 Å². The number of carbonyl (C=O) groups excluding carboxylic acids is 1. The van der Waals surface area contributed by atoms with E-state index in [-0.39, 0.29) is 30.5 Å². The molecule has 3 N–H and O–H groups in total. The van der Waals surface area contributed by atoms with Crippen LogP contribution in [-0.4, -0.2) is 24.2 Å². The van der Waals surface area contributed by atoms with Crippen LogP contribution in [0.3, 0.4) is 0 Å². The first-order valence-corrected chi connectivity index (χ1v) is 5.69. The molecule has 0 saturated carbocycles. The van der Waals surface area contributed by atoms with Crippen molar-refractivity contribution in [3.63, 3.8) is 0 Å². The SMILES string of the molecule is NCCCC(=O)Nc1cc2c(cc1[N+](=O)[O-])OCO2. The molecule has 1 heterocycles. The number of ether oxygens (including phenoxy) is 2.